The fourth-order valence-corrected chi connectivity index (χ4v) is 5.02. The number of anilines is 1. The number of hydrogen-bond donors (Lipinski definition) is 1. The predicted octanol–water partition coefficient (Wildman–Crippen LogP) is 8.23. The van der Waals surface area contributed by atoms with Gasteiger partial charge in [-0.3, -0.25) is 0 Å². The molecule has 0 atom stereocenters. The van der Waals surface area contributed by atoms with E-state index in [2.05, 4.69) is 91.1 Å². The average molecular weight is 388 g/mol. The molecule has 0 saturated carbocycles. The van der Waals surface area contributed by atoms with Crippen LogP contribution in [0, 0.1) is 0 Å². The van der Waals surface area contributed by atoms with Crippen LogP contribution in [0.4, 0.5) is 5.69 Å². The van der Waals surface area contributed by atoms with Gasteiger partial charge >= 0.3 is 0 Å². The summed E-state index contributed by atoms with van der Waals surface area (Å²) in [6, 6.07) is 20.5. The molecule has 0 aromatic heterocycles. The van der Waals surface area contributed by atoms with Crippen LogP contribution in [0.2, 0.25) is 0 Å². The van der Waals surface area contributed by atoms with Gasteiger partial charge < -0.3 is 5.32 Å². The molecule has 0 unspecified atom stereocenters. The molecule has 0 spiro atoms. The first-order chi connectivity index (χ1) is 14.8. The molecule has 0 aliphatic heterocycles. The normalized spacial score (nSPS) is 13.1. The van der Waals surface area contributed by atoms with E-state index in [0.29, 0.717) is 0 Å². The third kappa shape index (κ3) is 2.69. The lowest BCUT2D eigenvalue weighted by atomic mass is 9.93. The van der Waals surface area contributed by atoms with E-state index >= 15 is 0 Å². The van der Waals surface area contributed by atoms with E-state index in [-0.39, 0.29) is 0 Å². The van der Waals surface area contributed by atoms with Gasteiger partial charge in [0.15, 0.2) is 0 Å². The molecule has 30 heavy (non-hydrogen) atoms. The molecule has 0 fully saturated rings. The van der Waals surface area contributed by atoms with Gasteiger partial charge in [0, 0.05) is 17.6 Å². The Labute approximate surface area is 177 Å². The molecule has 2 aliphatic rings. The predicted molar refractivity (Wildman–Crippen MR) is 133 cm³/mol. The minimum Gasteiger partial charge on any atom is -0.385 e. The molecule has 4 aromatic carbocycles. The zero-order chi connectivity index (χ0) is 20.1. The van der Waals surface area contributed by atoms with Crippen molar-refractivity contribution in [2.75, 3.05) is 11.9 Å². The Morgan fingerprint density at radius 2 is 1.40 bits per heavy atom. The monoisotopic (exact) mass is 387 g/mol. The van der Waals surface area contributed by atoms with Crippen molar-refractivity contribution in [2.24, 2.45) is 0 Å². The van der Waals surface area contributed by atoms with Crippen molar-refractivity contribution in [2.45, 2.75) is 26.2 Å². The fourth-order valence-electron chi connectivity index (χ4n) is 5.02. The van der Waals surface area contributed by atoms with Crippen LogP contribution in [0.25, 0.3) is 57.0 Å². The Kier molecular flexibility index (Phi) is 4.02. The van der Waals surface area contributed by atoms with Crippen LogP contribution in [-0.2, 0) is 0 Å². The van der Waals surface area contributed by atoms with Crippen molar-refractivity contribution in [1.29, 1.82) is 0 Å². The van der Waals surface area contributed by atoms with E-state index < -0.39 is 0 Å². The summed E-state index contributed by atoms with van der Waals surface area (Å²) >= 11 is 0. The number of unbranched alkanes of at least 4 members (excludes halogenated alkanes) is 2. The van der Waals surface area contributed by atoms with Crippen LogP contribution in [0.5, 0.6) is 0 Å². The largest absolute Gasteiger partial charge is 0.385 e. The Morgan fingerprint density at radius 1 is 0.667 bits per heavy atom. The molecule has 0 saturated heterocycles. The Bertz CT molecular complexity index is 1370. The first-order valence-electron chi connectivity index (χ1n) is 11.1. The van der Waals surface area contributed by atoms with Gasteiger partial charge in [0.25, 0.3) is 0 Å². The van der Waals surface area contributed by atoms with E-state index in [1.165, 1.54) is 79.9 Å². The van der Waals surface area contributed by atoms with Crippen molar-refractivity contribution in [3.8, 4) is 11.1 Å². The maximum Gasteiger partial charge on any atom is 0.0420 e. The topological polar surface area (TPSA) is 12.0 Å². The molecule has 0 amide bonds. The maximum absolute atomic E-state index is 3.70. The van der Waals surface area contributed by atoms with Gasteiger partial charge in [0.1, 0.15) is 0 Å². The third-order valence-corrected chi connectivity index (χ3v) is 6.53. The van der Waals surface area contributed by atoms with E-state index in [0.717, 1.165) is 6.54 Å². The van der Waals surface area contributed by atoms with Crippen molar-refractivity contribution < 1.29 is 0 Å². The molecule has 0 heterocycles. The molecule has 0 bridgehead atoms. The van der Waals surface area contributed by atoms with Gasteiger partial charge in [-0.2, -0.15) is 0 Å². The Hall–Kier alpha value is -3.32. The van der Waals surface area contributed by atoms with Gasteiger partial charge in [-0.05, 0) is 86.3 Å². The van der Waals surface area contributed by atoms with Gasteiger partial charge in [-0.15, -0.1) is 0 Å². The molecule has 1 N–H and O–H groups in total. The molecule has 1 nitrogen and oxygen atoms in total. The summed E-state index contributed by atoms with van der Waals surface area (Å²) in [5.74, 6) is 0. The summed E-state index contributed by atoms with van der Waals surface area (Å²) in [5, 5.41) is 9.13. The summed E-state index contributed by atoms with van der Waals surface area (Å²) in [7, 11) is 0. The van der Waals surface area contributed by atoms with Crippen molar-refractivity contribution in [3.05, 3.63) is 76.9 Å². The lowest BCUT2D eigenvalue weighted by molar-refractivity contribution is 0.744. The lowest BCUT2D eigenvalue weighted by Crippen LogP contribution is -2.02. The van der Waals surface area contributed by atoms with E-state index in [1.54, 1.807) is 0 Å². The number of benzene rings is 4. The summed E-state index contributed by atoms with van der Waals surface area (Å²) in [6.45, 7) is 3.28. The van der Waals surface area contributed by atoms with Crippen LogP contribution >= 0.6 is 0 Å². The second kappa shape index (κ2) is 6.88. The molecule has 0 radical (unpaired) electrons. The lowest BCUT2D eigenvalue weighted by Gasteiger charge is -2.14. The number of nitrogens with one attached hydrogen (secondary N) is 1. The van der Waals surface area contributed by atoms with Gasteiger partial charge in [-0.1, -0.05) is 68.3 Å². The van der Waals surface area contributed by atoms with Crippen molar-refractivity contribution in [3.63, 3.8) is 0 Å². The molecule has 6 rings (SSSR count). The summed E-state index contributed by atoms with van der Waals surface area (Å²) < 4.78 is 0. The Morgan fingerprint density at radius 3 is 2.23 bits per heavy atom. The highest BCUT2D eigenvalue weighted by molar-refractivity contribution is 6.12. The van der Waals surface area contributed by atoms with Gasteiger partial charge in [0.2, 0.25) is 0 Å². The molecule has 2 aliphatic carbocycles. The summed E-state index contributed by atoms with van der Waals surface area (Å²) in [5.41, 5.74) is 9.16. The maximum atomic E-state index is 3.70. The second-order valence-electron chi connectivity index (χ2n) is 8.50. The molecular formula is C29H25N. The van der Waals surface area contributed by atoms with Crippen molar-refractivity contribution in [1.82, 2.24) is 0 Å². The molecular weight excluding hydrogens is 362 g/mol. The molecule has 1 heteroatoms. The zero-order valence-corrected chi connectivity index (χ0v) is 17.3. The van der Waals surface area contributed by atoms with Crippen LogP contribution in [0.15, 0.2) is 54.6 Å². The van der Waals surface area contributed by atoms with Crippen LogP contribution < -0.4 is 5.32 Å². The highest BCUT2D eigenvalue weighted by atomic mass is 14.9. The average Bonchev–Trinajstić information content (AvgIpc) is 3.39. The zero-order valence-electron chi connectivity index (χ0n) is 17.3. The van der Waals surface area contributed by atoms with Crippen LogP contribution in [0.3, 0.4) is 0 Å². The van der Waals surface area contributed by atoms with Crippen LogP contribution in [-0.4, -0.2) is 6.54 Å². The van der Waals surface area contributed by atoms with Gasteiger partial charge in [0.05, 0.1) is 0 Å². The quantitative estimate of drug-likeness (QED) is 0.284. The van der Waals surface area contributed by atoms with E-state index in [1.807, 2.05) is 0 Å². The number of hydrogen-bond acceptors (Lipinski definition) is 1. The number of rotatable bonds is 6. The highest BCUT2D eigenvalue weighted by Gasteiger charge is 2.16. The minimum atomic E-state index is 1.03. The SMILES string of the molecule is CCCCCNc1ccc2c3c(cc(-c4cc5c6c(cccc6c4)C=C5)cc13)C=C2. The second-order valence-corrected chi connectivity index (χ2v) is 8.50. The fraction of sp³-hybridized carbons (Fsp3) is 0.172. The third-order valence-electron chi connectivity index (χ3n) is 6.53. The minimum absolute atomic E-state index is 1.03. The smallest absolute Gasteiger partial charge is 0.0420 e. The summed E-state index contributed by atoms with van der Waals surface area (Å²) in [4.78, 5) is 0. The standard InChI is InChI=1S/C29H25N/c1-2-3-4-14-30-27-13-12-20-9-11-23-17-25(18-26(27)29(20)23)24-15-21-7-5-6-19-8-10-22(16-24)28(19)21/h5-13,15-18,30H,2-4,14H2,1H3. The van der Waals surface area contributed by atoms with Gasteiger partial charge in [-0.25, -0.2) is 0 Å². The highest BCUT2D eigenvalue weighted by Crippen LogP contribution is 2.41. The summed E-state index contributed by atoms with van der Waals surface area (Å²) in [6.07, 6.45) is 12.7. The van der Waals surface area contributed by atoms with E-state index in [9.17, 15) is 0 Å². The molecule has 146 valence electrons. The first kappa shape index (κ1) is 17.5. The first-order valence-corrected chi connectivity index (χ1v) is 11.1. The Balaban J connectivity index is 1.50. The molecule has 4 aromatic rings. The van der Waals surface area contributed by atoms with Crippen molar-refractivity contribution >= 4 is 51.5 Å². The van der Waals surface area contributed by atoms with E-state index in [4.69, 9.17) is 0 Å². The van der Waals surface area contributed by atoms with Crippen LogP contribution in [0.1, 0.15) is 48.4 Å².